The SMILES string of the molecule is CCCCC/C=C\C/C=C\CCCCCCCCCCCC(=O)OC(COC(=O)CCCCCCCCCCCCCCCCCCCCCCCCCCCCCCCCCCCCCCCCCCC)COC(OCC[N+](C)(C)C)C(=O)O. The highest BCUT2D eigenvalue weighted by molar-refractivity contribution is 5.71. The summed E-state index contributed by atoms with van der Waals surface area (Å²) >= 11 is 0. The maximum atomic E-state index is 12.9. The number of carbonyl (C=O) groups is 3. The van der Waals surface area contributed by atoms with E-state index in [0.717, 1.165) is 51.4 Å². The maximum absolute atomic E-state index is 12.9. The van der Waals surface area contributed by atoms with Crippen molar-refractivity contribution in [3.63, 3.8) is 0 Å². The maximum Gasteiger partial charge on any atom is 0.361 e. The molecule has 85 heavy (non-hydrogen) atoms. The topological polar surface area (TPSA) is 108 Å². The van der Waals surface area contributed by atoms with Gasteiger partial charge in [-0.25, -0.2) is 4.79 Å². The summed E-state index contributed by atoms with van der Waals surface area (Å²) in [5, 5.41) is 9.74. The predicted octanol–water partition coefficient (Wildman–Crippen LogP) is 23.4. The molecule has 502 valence electrons. The Balaban J connectivity index is 3.88. The molecule has 0 aliphatic heterocycles. The third kappa shape index (κ3) is 69.1. The molecule has 0 radical (unpaired) electrons. The molecule has 0 spiro atoms. The number of hydrogen-bond acceptors (Lipinski definition) is 7. The zero-order valence-corrected chi connectivity index (χ0v) is 57.6. The summed E-state index contributed by atoms with van der Waals surface area (Å²) in [6.45, 7) is 4.91. The summed E-state index contributed by atoms with van der Waals surface area (Å²) < 4.78 is 23.0. The largest absolute Gasteiger partial charge is 0.477 e. The van der Waals surface area contributed by atoms with Gasteiger partial charge in [-0.3, -0.25) is 9.59 Å². The van der Waals surface area contributed by atoms with Crippen LogP contribution in [-0.4, -0.2) is 87.4 Å². The second kappa shape index (κ2) is 67.7. The van der Waals surface area contributed by atoms with Gasteiger partial charge in [0.15, 0.2) is 6.10 Å². The van der Waals surface area contributed by atoms with Crippen molar-refractivity contribution in [3.05, 3.63) is 24.3 Å². The number of carbonyl (C=O) groups excluding carboxylic acids is 2. The Morgan fingerprint density at radius 1 is 0.353 bits per heavy atom. The minimum Gasteiger partial charge on any atom is -0.477 e. The number of hydrogen-bond donors (Lipinski definition) is 1. The number of aliphatic carboxylic acids is 1. The lowest BCUT2D eigenvalue weighted by atomic mass is 10.0. The molecule has 0 fully saturated rings. The van der Waals surface area contributed by atoms with E-state index in [1.165, 1.54) is 308 Å². The molecule has 1 N–H and O–H groups in total. The van der Waals surface area contributed by atoms with Gasteiger partial charge in [-0.1, -0.05) is 353 Å². The van der Waals surface area contributed by atoms with Crippen LogP contribution in [0.25, 0.3) is 0 Å². The van der Waals surface area contributed by atoms with Crippen molar-refractivity contribution in [2.45, 2.75) is 399 Å². The Morgan fingerprint density at radius 3 is 0.953 bits per heavy atom. The van der Waals surface area contributed by atoms with Crippen LogP contribution in [0, 0.1) is 0 Å². The molecule has 0 aliphatic rings. The number of carboxylic acids is 1. The molecule has 0 rings (SSSR count). The smallest absolute Gasteiger partial charge is 0.361 e. The van der Waals surface area contributed by atoms with Crippen molar-refractivity contribution in [2.24, 2.45) is 0 Å². The van der Waals surface area contributed by atoms with Gasteiger partial charge in [-0.05, 0) is 44.9 Å². The predicted molar refractivity (Wildman–Crippen MR) is 364 cm³/mol. The molecule has 0 amide bonds. The summed E-state index contributed by atoms with van der Waals surface area (Å²) in [6.07, 6.45) is 82.0. The van der Waals surface area contributed by atoms with Gasteiger partial charge in [-0.15, -0.1) is 0 Å². The van der Waals surface area contributed by atoms with E-state index in [1.54, 1.807) is 0 Å². The minimum absolute atomic E-state index is 0.178. The molecule has 2 atom stereocenters. The first kappa shape index (κ1) is 82.8. The van der Waals surface area contributed by atoms with Gasteiger partial charge in [0.1, 0.15) is 13.2 Å². The average molecular weight is 1200 g/mol. The van der Waals surface area contributed by atoms with Gasteiger partial charge < -0.3 is 28.5 Å². The van der Waals surface area contributed by atoms with Crippen molar-refractivity contribution in [1.29, 1.82) is 0 Å². The molecule has 0 aromatic carbocycles. The van der Waals surface area contributed by atoms with Crippen molar-refractivity contribution in [3.8, 4) is 0 Å². The molecule has 9 nitrogen and oxygen atoms in total. The Kier molecular flexibility index (Phi) is 65.9. The molecule has 2 unspecified atom stereocenters. The summed E-state index contributed by atoms with van der Waals surface area (Å²) in [6, 6.07) is 0. The number of unbranched alkanes of at least 4 members (excludes halogenated alkanes) is 52. The van der Waals surface area contributed by atoms with E-state index in [4.69, 9.17) is 18.9 Å². The number of carboxylic acid groups (broad SMARTS) is 1. The van der Waals surface area contributed by atoms with Gasteiger partial charge in [0.05, 0.1) is 34.4 Å². The summed E-state index contributed by atoms with van der Waals surface area (Å²) in [5.74, 6) is -1.98. The lowest BCUT2D eigenvalue weighted by Crippen LogP contribution is -2.40. The van der Waals surface area contributed by atoms with E-state index < -0.39 is 24.3 Å². The first-order valence-electron chi connectivity index (χ1n) is 37.5. The first-order chi connectivity index (χ1) is 41.6. The molecular formula is C76H146NO8+. The monoisotopic (exact) mass is 1200 g/mol. The lowest BCUT2D eigenvalue weighted by molar-refractivity contribution is -0.870. The van der Waals surface area contributed by atoms with E-state index in [2.05, 4.69) is 38.2 Å². The quantitative estimate of drug-likeness (QED) is 0.0211. The second-order valence-corrected chi connectivity index (χ2v) is 27.0. The number of esters is 2. The number of allylic oxidation sites excluding steroid dienone is 4. The molecule has 0 saturated heterocycles. The Hall–Kier alpha value is -2.23. The summed E-state index contributed by atoms with van der Waals surface area (Å²) in [7, 11) is 5.99. The van der Waals surface area contributed by atoms with Crippen LogP contribution in [0.2, 0.25) is 0 Å². The highest BCUT2D eigenvalue weighted by atomic mass is 16.7. The van der Waals surface area contributed by atoms with Crippen LogP contribution < -0.4 is 0 Å². The van der Waals surface area contributed by atoms with E-state index in [0.29, 0.717) is 17.4 Å². The Morgan fingerprint density at radius 2 is 0.635 bits per heavy atom. The zero-order valence-electron chi connectivity index (χ0n) is 57.6. The normalized spacial score (nSPS) is 12.7. The van der Waals surface area contributed by atoms with E-state index in [9.17, 15) is 19.5 Å². The van der Waals surface area contributed by atoms with Crippen LogP contribution in [0.15, 0.2) is 24.3 Å². The second-order valence-electron chi connectivity index (χ2n) is 27.0. The highest BCUT2D eigenvalue weighted by Gasteiger charge is 2.25. The molecule has 0 heterocycles. The van der Waals surface area contributed by atoms with Crippen LogP contribution in [0.4, 0.5) is 0 Å². The van der Waals surface area contributed by atoms with Crippen LogP contribution in [0.3, 0.4) is 0 Å². The fourth-order valence-electron chi connectivity index (χ4n) is 11.5. The molecule has 9 heteroatoms. The Bertz CT molecular complexity index is 1440. The van der Waals surface area contributed by atoms with Gasteiger partial charge >= 0.3 is 17.9 Å². The minimum atomic E-state index is -1.51. The number of likely N-dealkylation sites (N-methyl/N-ethyl adjacent to an activating group) is 1. The van der Waals surface area contributed by atoms with E-state index in [1.807, 2.05) is 21.1 Å². The van der Waals surface area contributed by atoms with E-state index >= 15 is 0 Å². The zero-order chi connectivity index (χ0) is 61.9. The van der Waals surface area contributed by atoms with Gasteiger partial charge in [0.2, 0.25) is 0 Å². The Labute approximate surface area is 528 Å². The van der Waals surface area contributed by atoms with Crippen LogP contribution in [0.1, 0.15) is 386 Å². The molecule has 0 saturated carbocycles. The molecular weight excluding hydrogens is 1050 g/mol. The standard InChI is InChI=1S/C76H145NO8/c1-6-8-10-12-14-16-18-20-22-24-26-27-28-29-30-31-32-33-34-35-36-37-38-39-40-41-42-43-44-45-46-47-49-50-52-54-56-58-60-62-64-66-73(78)83-70-72(71-84-76(75(80)81)82-69-68-77(3,4)5)85-74(79)67-65-63-61-59-57-55-53-51-48-25-23-21-19-17-15-13-11-9-7-2/h15,17,21,23,72,76H,6-14,16,18-20,22,24-71H2,1-5H3/p+1/b17-15-,23-21-. The van der Waals surface area contributed by atoms with Crippen LogP contribution in [0.5, 0.6) is 0 Å². The third-order valence-electron chi connectivity index (χ3n) is 17.2. The summed E-state index contributed by atoms with van der Waals surface area (Å²) in [5.41, 5.74) is 0. The fraction of sp³-hybridized carbons (Fsp3) is 0.908. The first-order valence-corrected chi connectivity index (χ1v) is 37.5. The van der Waals surface area contributed by atoms with Gasteiger partial charge in [0.25, 0.3) is 6.29 Å². The molecule has 0 bridgehead atoms. The summed E-state index contributed by atoms with van der Waals surface area (Å²) in [4.78, 5) is 37.6. The fourth-order valence-corrected chi connectivity index (χ4v) is 11.5. The van der Waals surface area contributed by atoms with Gasteiger partial charge in [-0.2, -0.15) is 0 Å². The number of rotatable bonds is 71. The van der Waals surface area contributed by atoms with Crippen molar-refractivity contribution in [1.82, 2.24) is 0 Å². The number of ether oxygens (including phenoxy) is 4. The van der Waals surface area contributed by atoms with Crippen molar-refractivity contribution >= 4 is 17.9 Å². The van der Waals surface area contributed by atoms with E-state index in [-0.39, 0.29) is 32.2 Å². The lowest BCUT2D eigenvalue weighted by Gasteiger charge is -2.25. The molecule has 0 aliphatic carbocycles. The highest BCUT2D eigenvalue weighted by Crippen LogP contribution is 2.20. The van der Waals surface area contributed by atoms with Gasteiger partial charge in [0, 0.05) is 12.8 Å². The average Bonchev–Trinajstić information content (AvgIpc) is 3.48. The third-order valence-corrected chi connectivity index (χ3v) is 17.2. The van der Waals surface area contributed by atoms with Crippen LogP contribution >= 0.6 is 0 Å². The van der Waals surface area contributed by atoms with Crippen molar-refractivity contribution in [2.75, 3.05) is 47.5 Å². The molecule has 0 aromatic rings. The molecule has 0 aromatic heterocycles. The number of nitrogens with zero attached hydrogens (tertiary/aromatic N) is 1. The van der Waals surface area contributed by atoms with Crippen LogP contribution in [-0.2, 0) is 33.3 Å². The van der Waals surface area contributed by atoms with Crippen molar-refractivity contribution < 1.29 is 42.9 Å². The number of quaternary nitrogens is 1.